The highest BCUT2D eigenvalue weighted by Gasteiger charge is 2.38. The zero-order chi connectivity index (χ0) is 17.3. The second kappa shape index (κ2) is 6.30. The molecule has 0 saturated carbocycles. The first-order chi connectivity index (χ1) is 10.6. The Bertz CT molecular complexity index is 546. The number of amides is 1. The van der Waals surface area contributed by atoms with Gasteiger partial charge in [-0.25, -0.2) is 4.79 Å². The smallest absolute Gasteiger partial charge is 0.410 e. The molecule has 1 aliphatic heterocycles. The molecule has 1 fully saturated rings. The minimum Gasteiger partial charge on any atom is -0.497 e. The van der Waals surface area contributed by atoms with Gasteiger partial charge in [0.1, 0.15) is 11.4 Å². The highest BCUT2D eigenvalue weighted by Crippen LogP contribution is 2.28. The zero-order valence-corrected chi connectivity index (χ0v) is 15.0. The van der Waals surface area contributed by atoms with Gasteiger partial charge in [0.05, 0.1) is 12.6 Å². The molecule has 5 nitrogen and oxygen atoms in total. The van der Waals surface area contributed by atoms with Gasteiger partial charge < -0.3 is 14.4 Å². The number of carbonyl (C=O) groups is 1. The van der Waals surface area contributed by atoms with Gasteiger partial charge in [-0.3, -0.25) is 4.90 Å². The highest BCUT2D eigenvalue weighted by molar-refractivity contribution is 5.70. The van der Waals surface area contributed by atoms with E-state index in [1.54, 1.807) is 7.11 Å². The van der Waals surface area contributed by atoms with Crippen molar-refractivity contribution in [3.63, 3.8) is 0 Å². The molecule has 0 aliphatic carbocycles. The molecule has 1 aliphatic rings. The van der Waals surface area contributed by atoms with Gasteiger partial charge >= 0.3 is 6.09 Å². The Kier molecular flexibility index (Phi) is 4.78. The number of piperazine rings is 1. The molecule has 1 amide bonds. The van der Waals surface area contributed by atoms with Crippen LogP contribution in [-0.2, 0) is 4.74 Å². The summed E-state index contributed by atoms with van der Waals surface area (Å²) in [6.45, 7) is 12.0. The van der Waals surface area contributed by atoms with Gasteiger partial charge in [0.15, 0.2) is 0 Å². The van der Waals surface area contributed by atoms with Crippen LogP contribution in [0.5, 0.6) is 5.75 Å². The Hall–Kier alpha value is -1.91. The van der Waals surface area contributed by atoms with Crippen LogP contribution < -0.4 is 9.64 Å². The number of carbonyl (C=O) groups excluding carboxylic acids is 1. The summed E-state index contributed by atoms with van der Waals surface area (Å²) in [5.41, 5.74) is 0.378. The van der Waals surface area contributed by atoms with E-state index in [1.165, 1.54) is 0 Å². The largest absolute Gasteiger partial charge is 0.497 e. The minimum absolute atomic E-state index is 0.239. The number of ether oxygens (including phenoxy) is 2. The molecule has 1 heterocycles. The van der Waals surface area contributed by atoms with Gasteiger partial charge in [0.2, 0.25) is 0 Å². The van der Waals surface area contributed by atoms with Crippen molar-refractivity contribution >= 4 is 11.8 Å². The summed E-state index contributed by atoms with van der Waals surface area (Å²) in [7, 11) is 1.66. The van der Waals surface area contributed by atoms with Crippen LogP contribution in [0, 0.1) is 0 Å². The Morgan fingerprint density at radius 2 is 1.74 bits per heavy atom. The molecule has 2 rings (SSSR count). The molecule has 0 N–H and O–H groups in total. The SMILES string of the molecule is COc1ccc(N2CCN(C(=O)OC(C)(C)C)C(C)(C)C2)cc1. The summed E-state index contributed by atoms with van der Waals surface area (Å²) in [6.07, 6.45) is -0.239. The molecule has 0 unspecified atom stereocenters. The fourth-order valence-corrected chi connectivity index (χ4v) is 2.82. The van der Waals surface area contributed by atoms with Crippen LogP contribution in [0.2, 0.25) is 0 Å². The molecule has 1 saturated heterocycles. The summed E-state index contributed by atoms with van der Waals surface area (Å²) in [5, 5.41) is 0. The maximum atomic E-state index is 12.4. The molecule has 0 spiro atoms. The maximum absolute atomic E-state index is 12.4. The number of nitrogens with zero attached hydrogens (tertiary/aromatic N) is 2. The van der Waals surface area contributed by atoms with Gasteiger partial charge in [0.25, 0.3) is 0 Å². The van der Waals surface area contributed by atoms with Crippen molar-refractivity contribution in [3.8, 4) is 5.75 Å². The van der Waals surface area contributed by atoms with Crippen LogP contribution in [0.1, 0.15) is 34.6 Å². The van der Waals surface area contributed by atoms with E-state index in [2.05, 4.69) is 30.9 Å². The molecule has 0 aromatic heterocycles. The van der Waals surface area contributed by atoms with Crippen molar-refractivity contribution < 1.29 is 14.3 Å². The molecule has 23 heavy (non-hydrogen) atoms. The summed E-state index contributed by atoms with van der Waals surface area (Å²) in [6, 6.07) is 8.03. The van der Waals surface area contributed by atoms with Crippen LogP contribution in [0.3, 0.4) is 0 Å². The van der Waals surface area contributed by atoms with Crippen LogP contribution >= 0.6 is 0 Å². The average molecular weight is 320 g/mol. The van der Waals surface area contributed by atoms with Crippen molar-refractivity contribution in [1.29, 1.82) is 0 Å². The first-order valence-corrected chi connectivity index (χ1v) is 8.02. The Morgan fingerprint density at radius 1 is 1.13 bits per heavy atom. The van der Waals surface area contributed by atoms with Gasteiger partial charge in [-0.1, -0.05) is 0 Å². The normalized spacial score (nSPS) is 17.8. The molecule has 128 valence electrons. The van der Waals surface area contributed by atoms with Gasteiger partial charge in [-0.2, -0.15) is 0 Å². The highest BCUT2D eigenvalue weighted by atomic mass is 16.6. The molecular weight excluding hydrogens is 292 g/mol. The number of rotatable bonds is 2. The molecule has 1 aromatic rings. The Balaban J connectivity index is 2.08. The van der Waals surface area contributed by atoms with E-state index in [-0.39, 0.29) is 11.6 Å². The lowest BCUT2D eigenvalue weighted by Gasteiger charge is -2.47. The standard InChI is InChI=1S/C18H28N2O3/c1-17(2,3)23-16(21)20-12-11-19(13-18(20,4)5)14-7-9-15(22-6)10-8-14/h7-10H,11-13H2,1-6H3. The predicted octanol–water partition coefficient (Wildman–Crippen LogP) is 3.53. The van der Waals surface area contributed by atoms with E-state index >= 15 is 0 Å². The van der Waals surface area contributed by atoms with Crippen LogP contribution in [-0.4, -0.2) is 48.9 Å². The van der Waals surface area contributed by atoms with Gasteiger partial charge in [0, 0.05) is 25.3 Å². The van der Waals surface area contributed by atoms with Crippen molar-refractivity contribution in [3.05, 3.63) is 24.3 Å². The molecular formula is C18H28N2O3. The number of anilines is 1. The van der Waals surface area contributed by atoms with Crippen LogP contribution in [0.15, 0.2) is 24.3 Å². The lowest BCUT2D eigenvalue weighted by molar-refractivity contribution is 0.000380. The number of benzene rings is 1. The molecule has 0 bridgehead atoms. The summed E-state index contributed by atoms with van der Waals surface area (Å²) < 4.78 is 10.7. The average Bonchev–Trinajstić information content (AvgIpc) is 2.44. The van der Waals surface area contributed by atoms with Crippen LogP contribution in [0.4, 0.5) is 10.5 Å². The third-order valence-corrected chi connectivity index (χ3v) is 3.95. The second-order valence-electron chi connectivity index (χ2n) is 7.56. The van der Waals surface area contributed by atoms with Crippen molar-refractivity contribution in [2.45, 2.75) is 45.8 Å². The second-order valence-corrected chi connectivity index (χ2v) is 7.56. The molecule has 5 heteroatoms. The van der Waals surface area contributed by atoms with Crippen molar-refractivity contribution in [2.75, 3.05) is 31.6 Å². The third-order valence-electron chi connectivity index (χ3n) is 3.95. The minimum atomic E-state index is -0.472. The van der Waals surface area contributed by atoms with E-state index in [9.17, 15) is 4.79 Å². The zero-order valence-electron chi connectivity index (χ0n) is 15.0. The predicted molar refractivity (Wildman–Crippen MR) is 92.2 cm³/mol. The van der Waals surface area contributed by atoms with E-state index < -0.39 is 5.60 Å². The van der Waals surface area contributed by atoms with E-state index in [1.807, 2.05) is 37.8 Å². The Morgan fingerprint density at radius 3 is 2.22 bits per heavy atom. The van der Waals surface area contributed by atoms with Crippen molar-refractivity contribution in [1.82, 2.24) is 4.90 Å². The third kappa shape index (κ3) is 4.30. The van der Waals surface area contributed by atoms with Crippen molar-refractivity contribution in [2.24, 2.45) is 0 Å². The topological polar surface area (TPSA) is 42.0 Å². The number of hydrogen-bond donors (Lipinski definition) is 0. The molecule has 0 radical (unpaired) electrons. The lowest BCUT2D eigenvalue weighted by Crippen LogP contribution is -2.61. The monoisotopic (exact) mass is 320 g/mol. The summed E-state index contributed by atoms with van der Waals surface area (Å²) in [5.74, 6) is 0.848. The van der Waals surface area contributed by atoms with E-state index in [4.69, 9.17) is 9.47 Å². The maximum Gasteiger partial charge on any atom is 0.410 e. The first-order valence-electron chi connectivity index (χ1n) is 8.02. The van der Waals surface area contributed by atoms with Gasteiger partial charge in [-0.05, 0) is 58.9 Å². The Labute approximate surface area is 139 Å². The fraction of sp³-hybridized carbons (Fsp3) is 0.611. The first kappa shape index (κ1) is 17.4. The summed E-state index contributed by atoms with van der Waals surface area (Å²) >= 11 is 0. The number of methoxy groups -OCH3 is 1. The molecule has 1 aromatic carbocycles. The summed E-state index contributed by atoms with van der Waals surface area (Å²) in [4.78, 5) is 16.5. The van der Waals surface area contributed by atoms with Gasteiger partial charge in [-0.15, -0.1) is 0 Å². The lowest BCUT2D eigenvalue weighted by atomic mass is 9.99. The number of hydrogen-bond acceptors (Lipinski definition) is 4. The van der Waals surface area contributed by atoms with E-state index in [0.29, 0.717) is 6.54 Å². The van der Waals surface area contributed by atoms with E-state index in [0.717, 1.165) is 24.5 Å². The quantitative estimate of drug-likeness (QED) is 0.836. The molecule has 0 atom stereocenters. The fourth-order valence-electron chi connectivity index (χ4n) is 2.82. The van der Waals surface area contributed by atoms with Crippen LogP contribution in [0.25, 0.3) is 0 Å².